The van der Waals surface area contributed by atoms with Gasteiger partial charge in [0.05, 0.1) is 15.9 Å². The van der Waals surface area contributed by atoms with E-state index in [1.54, 1.807) is 11.3 Å². The lowest BCUT2D eigenvalue weighted by Gasteiger charge is -2.10. The summed E-state index contributed by atoms with van der Waals surface area (Å²) in [6.07, 6.45) is 2.03. The Hall–Kier alpha value is -4.87. The van der Waals surface area contributed by atoms with Gasteiger partial charge in [-0.15, -0.1) is 11.3 Å². The number of imidazole rings is 1. The topological polar surface area (TPSA) is 43.1 Å². The first-order chi connectivity index (χ1) is 18.8. The average molecular weight is 505 g/mol. The number of nitrogens with zero attached hydrogens (tertiary/aromatic N) is 4. The first-order valence-electron chi connectivity index (χ1n) is 12.5. The largest absolute Gasteiger partial charge is 0.284 e. The summed E-state index contributed by atoms with van der Waals surface area (Å²) in [6, 6.07) is 40.0. The molecule has 0 unspecified atom stereocenters. The van der Waals surface area contributed by atoms with Gasteiger partial charge in [0.25, 0.3) is 0 Å². The van der Waals surface area contributed by atoms with Gasteiger partial charge in [0.15, 0.2) is 5.65 Å². The van der Waals surface area contributed by atoms with Crippen molar-refractivity contribution in [2.24, 2.45) is 0 Å². The van der Waals surface area contributed by atoms with E-state index in [2.05, 4.69) is 95.4 Å². The van der Waals surface area contributed by atoms with Crippen LogP contribution in [0.25, 0.3) is 70.8 Å². The van der Waals surface area contributed by atoms with Gasteiger partial charge in [-0.05, 0) is 41.5 Å². The molecule has 0 saturated carbocycles. The Morgan fingerprint density at radius 1 is 0.553 bits per heavy atom. The molecule has 0 N–H and O–H groups in total. The van der Waals surface area contributed by atoms with Crippen LogP contribution in [0.1, 0.15) is 0 Å². The average Bonchev–Trinajstić information content (AvgIpc) is 3.59. The van der Waals surface area contributed by atoms with Gasteiger partial charge in [0.1, 0.15) is 16.2 Å². The van der Waals surface area contributed by atoms with Crippen LogP contribution in [-0.2, 0) is 0 Å². The molecule has 0 spiro atoms. The summed E-state index contributed by atoms with van der Waals surface area (Å²) in [4.78, 5) is 14.9. The van der Waals surface area contributed by atoms with Crippen LogP contribution >= 0.6 is 11.3 Å². The molecule has 8 aromatic rings. The smallest absolute Gasteiger partial charge is 0.165 e. The molecule has 0 aliphatic rings. The molecule has 4 heterocycles. The monoisotopic (exact) mass is 504 g/mol. The molecule has 4 aromatic carbocycles. The summed E-state index contributed by atoms with van der Waals surface area (Å²) in [7, 11) is 0. The SMILES string of the molecule is c1ccc(-c2nc3ccc(-c4cccc(-c5nc6c(nc7ccccn76)c6ccccc56)c4)cc3s2)cc1. The van der Waals surface area contributed by atoms with Crippen molar-refractivity contribution in [3.63, 3.8) is 0 Å². The van der Waals surface area contributed by atoms with E-state index in [0.29, 0.717) is 0 Å². The first kappa shape index (κ1) is 21.2. The minimum Gasteiger partial charge on any atom is -0.284 e. The normalized spacial score (nSPS) is 11.7. The van der Waals surface area contributed by atoms with Crippen LogP contribution in [0.4, 0.5) is 0 Å². The second-order valence-corrected chi connectivity index (χ2v) is 10.4. The minimum atomic E-state index is 0.874. The molecule has 5 heteroatoms. The fourth-order valence-electron chi connectivity index (χ4n) is 5.21. The number of hydrogen-bond acceptors (Lipinski definition) is 4. The highest BCUT2D eigenvalue weighted by atomic mass is 32.1. The van der Waals surface area contributed by atoms with Crippen molar-refractivity contribution in [1.29, 1.82) is 0 Å². The molecular weight excluding hydrogens is 484 g/mol. The van der Waals surface area contributed by atoms with E-state index >= 15 is 0 Å². The number of benzene rings is 4. The second-order valence-electron chi connectivity index (χ2n) is 9.37. The molecule has 38 heavy (non-hydrogen) atoms. The van der Waals surface area contributed by atoms with E-state index in [-0.39, 0.29) is 0 Å². The number of fused-ring (bicyclic) bond motifs is 6. The molecule has 0 atom stereocenters. The number of hydrogen-bond donors (Lipinski definition) is 0. The Labute approximate surface area is 222 Å². The van der Waals surface area contributed by atoms with Gasteiger partial charge < -0.3 is 0 Å². The lowest BCUT2D eigenvalue weighted by atomic mass is 9.98. The second kappa shape index (κ2) is 8.33. The van der Waals surface area contributed by atoms with Gasteiger partial charge >= 0.3 is 0 Å². The van der Waals surface area contributed by atoms with Gasteiger partial charge in [-0.2, -0.15) is 0 Å². The molecule has 8 rings (SSSR count). The summed E-state index contributed by atoms with van der Waals surface area (Å²) in [5.74, 6) is 0. The standard InChI is InChI=1S/C33H20N4S/c1-2-9-21(10-3-1)33-34-27-17-16-23(20-28(27)38-33)22-11-8-12-24(19-22)30-25-13-4-5-14-26(25)31-32(36-30)37-18-7-6-15-29(37)35-31/h1-20H. The van der Waals surface area contributed by atoms with E-state index < -0.39 is 0 Å². The lowest BCUT2D eigenvalue weighted by Crippen LogP contribution is -1.92. The van der Waals surface area contributed by atoms with Crippen LogP contribution in [-0.4, -0.2) is 19.4 Å². The summed E-state index contributed by atoms with van der Waals surface area (Å²) in [6.45, 7) is 0. The van der Waals surface area contributed by atoms with E-state index in [0.717, 1.165) is 60.5 Å². The number of rotatable bonds is 3. The van der Waals surface area contributed by atoms with Crippen molar-refractivity contribution in [2.45, 2.75) is 0 Å². The van der Waals surface area contributed by atoms with Gasteiger partial charge in [0.2, 0.25) is 0 Å². The van der Waals surface area contributed by atoms with E-state index in [9.17, 15) is 0 Å². The predicted octanol–water partition coefficient (Wildman–Crippen LogP) is 8.65. The predicted molar refractivity (Wildman–Crippen MR) is 157 cm³/mol. The van der Waals surface area contributed by atoms with E-state index in [1.807, 2.05) is 30.5 Å². The highest BCUT2D eigenvalue weighted by Gasteiger charge is 2.15. The first-order valence-corrected chi connectivity index (χ1v) is 13.4. The molecule has 0 saturated heterocycles. The summed E-state index contributed by atoms with van der Waals surface area (Å²) < 4.78 is 3.25. The maximum absolute atomic E-state index is 5.18. The molecular formula is C33H20N4S. The zero-order chi connectivity index (χ0) is 25.1. The van der Waals surface area contributed by atoms with Crippen molar-refractivity contribution in [3.8, 4) is 33.0 Å². The Bertz CT molecular complexity index is 2140. The number of thiazole rings is 1. The Kier molecular flexibility index (Phi) is 4.66. The molecule has 0 amide bonds. The van der Waals surface area contributed by atoms with Crippen molar-refractivity contribution in [2.75, 3.05) is 0 Å². The fraction of sp³-hybridized carbons (Fsp3) is 0. The third-order valence-corrected chi connectivity index (χ3v) is 8.11. The van der Waals surface area contributed by atoms with E-state index in [4.69, 9.17) is 15.0 Å². The molecule has 0 radical (unpaired) electrons. The molecule has 0 fully saturated rings. The van der Waals surface area contributed by atoms with Crippen LogP contribution < -0.4 is 0 Å². The van der Waals surface area contributed by atoms with Crippen molar-refractivity contribution >= 4 is 49.1 Å². The highest BCUT2D eigenvalue weighted by molar-refractivity contribution is 7.21. The fourth-order valence-corrected chi connectivity index (χ4v) is 6.22. The third kappa shape index (κ3) is 3.33. The van der Waals surface area contributed by atoms with Gasteiger partial charge in [-0.25, -0.2) is 15.0 Å². The quantitative estimate of drug-likeness (QED) is 0.242. The van der Waals surface area contributed by atoms with Crippen molar-refractivity contribution in [3.05, 3.63) is 121 Å². The summed E-state index contributed by atoms with van der Waals surface area (Å²) in [5, 5.41) is 3.26. The van der Waals surface area contributed by atoms with Crippen molar-refractivity contribution in [1.82, 2.24) is 19.4 Å². The van der Waals surface area contributed by atoms with Crippen LogP contribution in [0.2, 0.25) is 0 Å². The number of aromatic nitrogens is 4. The molecule has 4 aromatic heterocycles. The molecule has 4 nitrogen and oxygen atoms in total. The van der Waals surface area contributed by atoms with Crippen LogP contribution in [0, 0.1) is 0 Å². The van der Waals surface area contributed by atoms with Gasteiger partial charge in [-0.1, -0.05) is 84.9 Å². The minimum absolute atomic E-state index is 0.874. The van der Waals surface area contributed by atoms with Gasteiger partial charge in [-0.3, -0.25) is 4.40 Å². The zero-order valence-corrected chi connectivity index (χ0v) is 21.1. The van der Waals surface area contributed by atoms with Gasteiger partial charge in [0, 0.05) is 28.1 Å². The highest BCUT2D eigenvalue weighted by Crippen LogP contribution is 2.36. The Morgan fingerprint density at radius 3 is 2.24 bits per heavy atom. The lowest BCUT2D eigenvalue weighted by molar-refractivity contribution is 1.19. The number of pyridine rings is 2. The Balaban J connectivity index is 1.29. The van der Waals surface area contributed by atoms with Crippen molar-refractivity contribution < 1.29 is 0 Å². The molecule has 0 aliphatic carbocycles. The maximum atomic E-state index is 5.18. The molecule has 0 aliphatic heterocycles. The van der Waals surface area contributed by atoms with Crippen LogP contribution in [0.5, 0.6) is 0 Å². The zero-order valence-electron chi connectivity index (χ0n) is 20.2. The summed E-state index contributed by atoms with van der Waals surface area (Å²) >= 11 is 1.73. The molecule has 0 bridgehead atoms. The maximum Gasteiger partial charge on any atom is 0.165 e. The third-order valence-electron chi connectivity index (χ3n) is 7.04. The van der Waals surface area contributed by atoms with Crippen LogP contribution in [0.15, 0.2) is 121 Å². The van der Waals surface area contributed by atoms with Crippen LogP contribution in [0.3, 0.4) is 0 Å². The van der Waals surface area contributed by atoms with E-state index in [1.165, 1.54) is 10.3 Å². The summed E-state index contributed by atoms with van der Waals surface area (Å²) in [5.41, 5.74) is 9.25. The Morgan fingerprint density at radius 2 is 1.32 bits per heavy atom. The molecule has 178 valence electrons.